The van der Waals surface area contributed by atoms with E-state index in [1.165, 1.54) is 0 Å². The van der Waals surface area contributed by atoms with Gasteiger partial charge in [0.15, 0.2) is 0 Å². The average molecular weight is 398 g/mol. The second-order valence-corrected chi connectivity index (χ2v) is 8.32. The van der Waals surface area contributed by atoms with Gasteiger partial charge in [-0.25, -0.2) is 4.79 Å². The van der Waals surface area contributed by atoms with Gasteiger partial charge in [-0.15, -0.1) is 0 Å². The number of nitrogens with one attached hydrogen (secondary N) is 3. The lowest BCUT2D eigenvalue weighted by atomic mass is 9.73. The molecule has 2 saturated carbocycles. The van der Waals surface area contributed by atoms with Gasteiger partial charge < -0.3 is 16.0 Å². The van der Waals surface area contributed by atoms with Crippen molar-refractivity contribution in [1.29, 1.82) is 0 Å². The minimum atomic E-state index is -0.879. The minimum Gasteiger partial charge on any atom is -0.349 e. The smallest absolute Gasteiger partial charge is 0.325 e. The van der Waals surface area contributed by atoms with Gasteiger partial charge in [0, 0.05) is 17.3 Å². The molecule has 0 aromatic heterocycles. The number of hydrogen-bond donors (Lipinski definition) is 3. The molecule has 0 radical (unpaired) electrons. The Morgan fingerprint density at radius 2 is 2.00 bits per heavy atom. The molecule has 3 fully saturated rings. The van der Waals surface area contributed by atoms with Crippen LogP contribution < -0.4 is 16.0 Å². The van der Waals surface area contributed by atoms with Crippen LogP contribution in [0.1, 0.15) is 55.8 Å². The van der Waals surface area contributed by atoms with E-state index in [-0.39, 0.29) is 30.3 Å². The summed E-state index contributed by atoms with van der Waals surface area (Å²) in [5, 5.41) is 8.43. The second kappa shape index (κ2) is 7.50. The number of carbonyl (C=O) groups is 4. The maximum absolute atomic E-state index is 13.0. The number of hydrogen-bond acceptors (Lipinski definition) is 4. The monoisotopic (exact) mass is 398 g/mol. The molecule has 1 aromatic rings. The maximum Gasteiger partial charge on any atom is 0.325 e. The number of urea groups is 1. The molecule has 3 N–H and O–H groups in total. The highest BCUT2D eigenvalue weighted by Crippen LogP contribution is 2.38. The van der Waals surface area contributed by atoms with Gasteiger partial charge in [0.25, 0.3) is 11.8 Å². The Bertz CT molecular complexity index is 866. The van der Waals surface area contributed by atoms with Crippen LogP contribution >= 0.6 is 0 Å². The third kappa shape index (κ3) is 3.83. The first-order valence-corrected chi connectivity index (χ1v) is 10.2. The van der Waals surface area contributed by atoms with Crippen LogP contribution in [0.2, 0.25) is 0 Å². The van der Waals surface area contributed by atoms with E-state index in [1.54, 1.807) is 24.3 Å². The summed E-state index contributed by atoms with van der Waals surface area (Å²) < 4.78 is 0. The van der Waals surface area contributed by atoms with Gasteiger partial charge in [-0.1, -0.05) is 25.8 Å². The van der Waals surface area contributed by atoms with Crippen LogP contribution in [0.4, 0.5) is 10.5 Å². The lowest BCUT2D eigenvalue weighted by molar-refractivity contribution is -0.136. The lowest BCUT2D eigenvalue weighted by Gasteiger charge is -2.36. The first-order valence-electron chi connectivity index (χ1n) is 10.2. The minimum absolute atomic E-state index is 0.0439. The van der Waals surface area contributed by atoms with Gasteiger partial charge in [0.05, 0.1) is 0 Å². The zero-order chi connectivity index (χ0) is 20.6. The zero-order valence-corrected chi connectivity index (χ0v) is 16.5. The van der Waals surface area contributed by atoms with Crippen molar-refractivity contribution in [3.8, 4) is 0 Å². The van der Waals surface area contributed by atoms with Crippen LogP contribution in [-0.4, -0.2) is 46.8 Å². The van der Waals surface area contributed by atoms with Gasteiger partial charge in [-0.05, 0) is 49.8 Å². The van der Waals surface area contributed by atoms with Crippen LogP contribution in [0, 0.1) is 5.92 Å². The van der Waals surface area contributed by atoms with Crippen LogP contribution in [0.15, 0.2) is 24.3 Å². The molecule has 1 heterocycles. The largest absolute Gasteiger partial charge is 0.349 e. The molecule has 154 valence electrons. The van der Waals surface area contributed by atoms with E-state index in [2.05, 4.69) is 16.0 Å². The van der Waals surface area contributed by atoms with Crippen LogP contribution in [0.3, 0.4) is 0 Å². The Hall–Kier alpha value is -2.90. The van der Waals surface area contributed by atoms with E-state index in [1.807, 2.05) is 6.92 Å². The summed E-state index contributed by atoms with van der Waals surface area (Å²) >= 11 is 0. The highest BCUT2D eigenvalue weighted by Gasteiger charge is 2.55. The highest BCUT2D eigenvalue weighted by molar-refractivity contribution is 6.10. The average Bonchev–Trinajstić information content (AvgIpc) is 3.47. The molecule has 3 aliphatic rings. The van der Waals surface area contributed by atoms with Crippen molar-refractivity contribution in [1.82, 2.24) is 15.5 Å². The first kappa shape index (κ1) is 19.4. The van der Waals surface area contributed by atoms with Gasteiger partial charge in [-0.2, -0.15) is 0 Å². The fraction of sp³-hybridized carbons (Fsp3) is 0.524. The quantitative estimate of drug-likeness (QED) is 0.660. The normalized spacial score (nSPS) is 26.4. The topological polar surface area (TPSA) is 108 Å². The van der Waals surface area contributed by atoms with Crippen molar-refractivity contribution in [2.24, 2.45) is 5.92 Å². The number of carbonyl (C=O) groups excluding carboxylic acids is 4. The summed E-state index contributed by atoms with van der Waals surface area (Å²) in [5.74, 6) is -0.926. The Balaban J connectivity index is 1.40. The predicted molar refractivity (Wildman–Crippen MR) is 106 cm³/mol. The zero-order valence-electron chi connectivity index (χ0n) is 16.5. The van der Waals surface area contributed by atoms with Crippen LogP contribution in [0.25, 0.3) is 0 Å². The molecule has 5 amide bonds. The number of rotatable bonds is 5. The van der Waals surface area contributed by atoms with Crippen molar-refractivity contribution in [3.63, 3.8) is 0 Å². The lowest BCUT2D eigenvalue weighted by Crippen LogP contribution is -2.54. The standard InChI is InChI=1S/C21H26N4O4/c1-13-5-2-3-10-21(13)19(28)25(20(29)24-21)12-17(26)22-16-7-4-6-14(11-16)18(27)23-15-8-9-15/h4,6-7,11,13,15H,2-3,5,8-10,12H2,1H3,(H,22,26)(H,23,27)(H,24,29)/t13-,21-/m0/s1. The molecule has 0 bridgehead atoms. The number of nitrogens with zero attached hydrogens (tertiary/aromatic N) is 1. The number of amides is 5. The summed E-state index contributed by atoms with van der Waals surface area (Å²) in [6, 6.07) is 6.35. The maximum atomic E-state index is 13.0. The Morgan fingerprint density at radius 3 is 2.72 bits per heavy atom. The second-order valence-electron chi connectivity index (χ2n) is 8.32. The van der Waals surface area contributed by atoms with E-state index in [9.17, 15) is 19.2 Å². The van der Waals surface area contributed by atoms with Gasteiger partial charge in [-0.3, -0.25) is 19.3 Å². The number of benzene rings is 1. The molecule has 2 atom stereocenters. The molecule has 1 aliphatic heterocycles. The van der Waals surface area contributed by atoms with E-state index < -0.39 is 17.5 Å². The summed E-state index contributed by atoms with van der Waals surface area (Å²) in [6.07, 6.45) is 5.39. The third-order valence-corrected chi connectivity index (χ3v) is 6.12. The molecular formula is C21H26N4O4. The van der Waals surface area contributed by atoms with Crippen molar-refractivity contribution in [3.05, 3.63) is 29.8 Å². The summed E-state index contributed by atoms with van der Waals surface area (Å²) in [4.78, 5) is 51.0. The Labute approximate surface area is 169 Å². The molecule has 4 rings (SSSR count). The first-order chi connectivity index (χ1) is 13.9. The Kier molecular flexibility index (Phi) is 5.02. The van der Waals surface area contributed by atoms with Crippen molar-refractivity contribution in [2.75, 3.05) is 11.9 Å². The third-order valence-electron chi connectivity index (χ3n) is 6.12. The molecule has 0 unspecified atom stereocenters. The van der Waals surface area contributed by atoms with Crippen molar-refractivity contribution < 1.29 is 19.2 Å². The molecule has 1 spiro atoms. The van der Waals surface area contributed by atoms with Crippen molar-refractivity contribution in [2.45, 2.75) is 57.0 Å². The van der Waals surface area contributed by atoms with Crippen molar-refractivity contribution >= 4 is 29.4 Å². The summed E-state index contributed by atoms with van der Waals surface area (Å²) in [7, 11) is 0. The van der Waals surface area contributed by atoms with E-state index in [0.29, 0.717) is 17.7 Å². The summed E-state index contributed by atoms with van der Waals surface area (Å²) in [6.45, 7) is 1.62. The number of imide groups is 1. The highest BCUT2D eigenvalue weighted by atomic mass is 16.2. The SMILES string of the molecule is C[C@H]1CCCC[C@]12NC(=O)N(CC(=O)Nc1cccc(C(=O)NC3CC3)c1)C2=O. The molecule has 2 aliphatic carbocycles. The molecule has 1 aromatic carbocycles. The van der Waals surface area contributed by atoms with Gasteiger partial charge in [0.2, 0.25) is 5.91 Å². The van der Waals surface area contributed by atoms with Crippen LogP contribution in [-0.2, 0) is 9.59 Å². The summed E-state index contributed by atoms with van der Waals surface area (Å²) in [5.41, 5.74) is 0.0297. The fourth-order valence-corrected chi connectivity index (χ4v) is 4.22. The van der Waals surface area contributed by atoms with Crippen LogP contribution in [0.5, 0.6) is 0 Å². The Morgan fingerprint density at radius 1 is 1.21 bits per heavy atom. The van der Waals surface area contributed by atoms with Gasteiger partial charge >= 0.3 is 6.03 Å². The molecule has 29 heavy (non-hydrogen) atoms. The van der Waals surface area contributed by atoms with E-state index >= 15 is 0 Å². The number of anilines is 1. The molecular weight excluding hydrogens is 372 g/mol. The predicted octanol–water partition coefficient (Wildman–Crippen LogP) is 2.02. The van der Waals surface area contributed by atoms with E-state index in [0.717, 1.165) is 37.0 Å². The van der Waals surface area contributed by atoms with Gasteiger partial charge in [0.1, 0.15) is 12.1 Å². The molecule has 8 nitrogen and oxygen atoms in total. The van der Waals surface area contributed by atoms with E-state index in [4.69, 9.17) is 0 Å². The molecule has 8 heteroatoms. The fourth-order valence-electron chi connectivity index (χ4n) is 4.22. The molecule has 1 saturated heterocycles.